The topological polar surface area (TPSA) is 66.4 Å². The summed E-state index contributed by atoms with van der Waals surface area (Å²) < 4.78 is 0. The maximum absolute atomic E-state index is 12.2. The summed E-state index contributed by atoms with van der Waals surface area (Å²) in [6.45, 7) is 2.26. The van der Waals surface area contributed by atoms with Crippen LogP contribution >= 0.6 is 11.6 Å². The normalized spacial score (nSPS) is 16.3. The van der Waals surface area contributed by atoms with Gasteiger partial charge in [-0.05, 0) is 42.9 Å². The van der Waals surface area contributed by atoms with Crippen LogP contribution in [0.2, 0.25) is 5.02 Å². The largest absolute Gasteiger partial charge is 0.481 e. The number of aryl methyl sites for hydroxylation is 1. The standard InChI is InChI=1S/C15H18ClNO3/c1-10-3-4-11(16)7-12(10)14(20)17-9-15(5-2-6-15)8-13(18)19/h3-4,7H,2,5-6,8-9H2,1H3,(H,17,20)(H,18,19). The molecule has 1 aliphatic carbocycles. The molecule has 1 aromatic carbocycles. The van der Waals surface area contributed by atoms with Crippen molar-refractivity contribution in [2.24, 2.45) is 5.41 Å². The maximum atomic E-state index is 12.2. The predicted octanol–water partition coefficient (Wildman–Crippen LogP) is 3.02. The Morgan fingerprint density at radius 3 is 2.65 bits per heavy atom. The van der Waals surface area contributed by atoms with E-state index in [0.717, 1.165) is 24.8 Å². The van der Waals surface area contributed by atoms with Gasteiger partial charge in [0, 0.05) is 17.1 Å². The predicted molar refractivity (Wildman–Crippen MR) is 77.1 cm³/mol. The van der Waals surface area contributed by atoms with E-state index >= 15 is 0 Å². The van der Waals surface area contributed by atoms with Gasteiger partial charge in [-0.15, -0.1) is 0 Å². The molecule has 1 saturated carbocycles. The fourth-order valence-corrected chi connectivity index (χ4v) is 2.79. The Hall–Kier alpha value is -1.55. The van der Waals surface area contributed by atoms with Gasteiger partial charge in [0.05, 0.1) is 6.42 Å². The molecule has 5 heteroatoms. The number of amides is 1. The molecule has 1 aromatic rings. The minimum Gasteiger partial charge on any atom is -0.481 e. The Morgan fingerprint density at radius 1 is 1.40 bits per heavy atom. The number of aliphatic carboxylic acids is 1. The molecular formula is C15H18ClNO3. The van der Waals surface area contributed by atoms with Gasteiger partial charge in [-0.3, -0.25) is 9.59 Å². The Morgan fingerprint density at radius 2 is 2.10 bits per heavy atom. The molecule has 1 aliphatic rings. The Bertz CT molecular complexity index is 538. The van der Waals surface area contributed by atoms with E-state index in [9.17, 15) is 9.59 Å². The quantitative estimate of drug-likeness (QED) is 0.877. The van der Waals surface area contributed by atoms with Crippen molar-refractivity contribution >= 4 is 23.5 Å². The van der Waals surface area contributed by atoms with Crippen molar-refractivity contribution in [3.05, 3.63) is 34.3 Å². The van der Waals surface area contributed by atoms with Crippen LogP contribution in [0.3, 0.4) is 0 Å². The summed E-state index contributed by atoms with van der Waals surface area (Å²) in [5.41, 5.74) is 1.13. The van der Waals surface area contributed by atoms with Crippen LogP contribution in [-0.2, 0) is 4.79 Å². The molecule has 0 aliphatic heterocycles. The van der Waals surface area contributed by atoms with Gasteiger partial charge in [0.25, 0.3) is 5.91 Å². The van der Waals surface area contributed by atoms with E-state index in [0.29, 0.717) is 17.1 Å². The molecule has 1 amide bonds. The summed E-state index contributed by atoms with van der Waals surface area (Å²) in [4.78, 5) is 23.1. The van der Waals surface area contributed by atoms with Gasteiger partial charge < -0.3 is 10.4 Å². The fourth-order valence-electron chi connectivity index (χ4n) is 2.62. The first-order valence-electron chi connectivity index (χ1n) is 6.68. The van der Waals surface area contributed by atoms with Crippen molar-refractivity contribution in [1.29, 1.82) is 0 Å². The van der Waals surface area contributed by atoms with E-state index < -0.39 is 5.97 Å². The number of carbonyl (C=O) groups excluding carboxylic acids is 1. The summed E-state index contributed by atoms with van der Waals surface area (Å²) in [6, 6.07) is 5.18. The van der Waals surface area contributed by atoms with Crippen LogP contribution in [0, 0.1) is 12.3 Å². The summed E-state index contributed by atoms with van der Waals surface area (Å²) >= 11 is 5.90. The monoisotopic (exact) mass is 295 g/mol. The molecule has 20 heavy (non-hydrogen) atoms. The highest BCUT2D eigenvalue weighted by Gasteiger charge is 2.39. The molecular weight excluding hydrogens is 278 g/mol. The van der Waals surface area contributed by atoms with Gasteiger partial charge in [-0.2, -0.15) is 0 Å². The molecule has 1 fully saturated rings. The molecule has 0 radical (unpaired) electrons. The number of carboxylic acids is 1. The number of hydrogen-bond donors (Lipinski definition) is 2. The van der Waals surface area contributed by atoms with Crippen LogP contribution in [0.25, 0.3) is 0 Å². The van der Waals surface area contributed by atoms with E-state index in [4.69, 9.17) is 16.7 Å². The molecule has 108 valence electrons. The van der Waals surface area contributed by atoms with Crippen molar-refractivity contribution in [2.75, 3.05) is 6.54 Å². The van der Waals surface area contributed by atoms with Crippen molar-refractivity contribution in [3.8, 4) is 0 Å². The van der Waals surface area contributed by atoms with Crippen molar-refractivity contribution in [3.63, 3.8) is 0 Å². The van der Waals surface area contributed by atoms with Gasteiger partial charge in [0.2, 0.25) is 0 Å². The number of nitrogens with one attached hydrogen (secondary N) is 1. The smallest absolute Gasteiger partial charge is 0.303 e. The average Bonchev–Trinajstić information content (AvgIpc) is 2.34. The van der Waals surface area contributed by atoms with Crippen LogP contribution in [-0.4, -0.2) is 23.5 Å². The molecule has 0 atom stereocenters. The number of hydrogen-bond acceptors (Lipinski definition) is 2. The second-order valence-corrected chi connectivity index (χ2v) is 6.00. The lowest BCUT2D eigenvalue weighted by Gasteiger charge is -2.40. The molecule has 0 aromatic heterocycles. The van der Waals surface area contributed by atoms with Crippen LogP contribution in [0.1, 0.15) is 41.6 Å². The average molecular weight is 296 g/mol. The number of halogens is 1. The second kappa shape index (κ2) is 5.83. The van der Waals surface area contributed by atoms with Crippen LogP contribution < -0.4 is 5.32 Å². The molecule has 2 N–H and O–H groups in total. The second-order valence-electron chi connectivity index (χ2n) is 5.57. The van der Waals surface area contributed by atoms with Gasteiger partial charge in [0.15, 0.2) is 0 Å². The third-order valence-electron chi connectivity index (χ3n) is 4.01. The molecule has 2 rings (SSSR count). The zero-order valence-electron chi connectivity index (χ0n) is 11.4. The van der Waals surface area contributed by atoms with E-state index in [2.05, 4.69) is 5.32 Å². The van der Waals surface area contributed by atoms with E-state index in [1.165, 1.54) is 0 Å². The number of carbonyl (C=O) groups is 2. The first-order valence-corrected chi connectivity index (χ1v) is 7.06. The zero-order chi connectivity index (χ0) is 14.8. The maximum Gasteiger partial charge on any atom is 0.303 e. The van der Waals surface area contributed by atoms with Crippen LogP contribution in [0.4, 0.5) is 0 Å². The van der Waals surface area contributed by atoms with Crippen molar-refractivity contribution in [1.82, 2.24) is 5.32 Å². The Labute approximate surface area is 123 Å². The third-order valence-corrected chi connectivity index (χ3v) is 4.24. The van der Waals surface area contributed by atoms with Crippen molar-refractivity contribution < 1.29 is 14.7 Å². The number of rotatable bonds is 5. The summed E-state index contributed by atoms with van der Waals surface area (Å²) in [7, 11) is 0. The van der Waals surface area contributed by atoms with Gasteiger partial charge >= 0.3 is 5.97 Å². The SMILES string of the molecule is Cc1ccc(Cl)cc1C(=O)NCC1(CC(=O)O)CCC1. The van der Waals surface area contributed by atoms with E-state index in [1.54, 1.807) is 18.2 Å². The number of carboxylic acid groups (broad SMARTS) is 1. The fraction of sp³-hybridized carbons (Fsp3) is 0.467. The zero-order valence-corrected chi connectivity index (χ0v) is 12.2. The minimum absolute atomic E-state index is 0.113. The number of benzene rings is 1. The lowest BCUT2D eigenvalue weighted by atomic mass is 9.66. The summed E-state index contributed by atoms with van der Waals surface area (Å²) in [6.07, 6.45) is 2.85. The molecule has 4 nitrogen and oxygen atoms in total. The first-order chi connectivity index (χ1) is 9.42. The lowest BCUT2D eigenvalue weighted by molar-refractivity contribution is -0.141. The third kappa shape index (κ3) is 3.31. The van der Waals surface area contributed by atoms with Gasteiger partial charge in [-0.1, -0.05) is 24.1 Å². The first kappa shape index (κ1) is 14.9. The highest BCUT2D eigenvalue weighted by atomic mass is 35.5. The Kier molecular flexibility index (Phi) is 4.33. The molecule has 0 heterocycles. The van der Waals surface area contributed by atoms with Gasteiger partial charge in [-0.25, -0.2) is 0 Å². The van der Waals surface area contributed by atoms with Crippen LogP contribution in [0.15, 0.2) is 18.2 Å². The molecule has 0 bridgehead atoms. The highest BCUT2D eigenvalue weighted by Crippen LogP contribution is 2.43. The van der Waals surface area contributed by atoms with E-state index in [-0.39, 0.29) is 17.7 Å². The lowest BCUT2D eigenvalue weighted by Crippen LogP contribution is -2.43. The highest BCUT2D eigenvalue weighted by molar-refractivity contribution is 6.31. The molecule has 0 spiro atoms. The summed E-state index contributed by atoms with van der Waals surface area (Å²) in [5, 5.41) is 12.3. The molecule has 0 unspecified atom stereocenters. The molecule has 0 saturated heterocycles. The Balaban J connectivity index is 2.01. The van der Waals surface area contributed by atoms with Crippen molar-refractivity contribution in [2.45, 2.75) is 32.6 Å². The van der Waals surface area contributed by atoms with Gasteiger partial charge in [0.1, 0.15) is 0 Å². The minimum atomic E-state index is -0.808. The van der Waals surface area contributed by atoms with E-state index in [1.807, 2.05) is 6.92 Å². The van der Waals surface area contributed by atoms with Crippen LogP contribution in [0.5, 0.6) is 0 Å². The summed E-state index contributed by atoms with van der Waals surface area (Å²) in [5.74, 6) is -1.00.